The third kappa shape index (κ3) is 3.94. The Balaban J connectivity index is 1.66. The van der Waals surface area contributed by atoms with Gasteiger partial charge in [0.2, 0.25) is 6.67 Å². The van der Waals surface area contributed by atoms with Gasteiger partial charge in [0.1, 0.15) is 32.1 Å². The summed E-state index contributed by atoms with van der Waals surface area (Å²) in [6, 6.07) is 23.7. The van der Waals surface area contributed by atoms with E-state index in [2.05, 4.69) is 66.7 Å². The van der Waals surface area contributed by atoms with E-state index in [0.29, 0.717) is 0 Å². The monoisotopic (exact) mass is 293 g/mol. The van der Waals surface area contributed by atoms with Crippen LogP contribution in [0.1, 0.15) is 11.1 Å². The zero-order valence-electron chi connectivity index (χ0n) is 12.8. The molecule has 0 radical (unpaired) electrons. The van der Waals surface area contributed by atoms with Crippen molar-refractivity contribution >= 4 is 0 Å². The summed E-state index contributed by atoms with van der Waals surface area (Å²) in [6.07, 6.45) is 0. The Morgan fingerprint density at radius 2 is 1.27 bits per heavy atom. The summed E-state index contributed by atoms with van der Waals surface area (Å²) >= 11 is 0. The third-order valence-electron chi connectivity index (χ3n) is 4.35. The molecule has 0 bridgehead atoms. The molecule has 2 atom stereocenters. The summed E-state index contributed by atoms with van der Waals surface area (Å²) in [7, 11) is 0. The van der Waals surface area contributed by atoms with Crippen molar-refractivity contribution in [2.45, 2.75) is 13.1 Å². The van der Waals surface area contributed by atoms with Crippen LogP contribution in [0.5, 0.6) is 0 Å². The molecule has 3 rings (SSSR count). The lowest BCUT2D eigenvalue weighted by molar-refractivity contribution is -1.12. The summed E-state index contributed by atoms with van der Waals surface area (Å²) in [5.74, 6) is 0.158. The molecule has 2 aromatic carbocycles. The van der Waals surface area contributed by atoms with Gasteiger partial charge in [-0.1, -0.05) is 60.7 Å². The minimum Gasteiger partial charge on any atom is -0.283 e. The van der Waals surface area contributed by atoms with E-state index in [9.17, 15) is 5.26 Å². The van der Waals surface area contributed by atoms with Crippen LogP contribution in [0.15, 0.2) is 60.7 Å². The van der Waals surface area contributed by atoms with Gasteiger partial charge in [-0.15, -0.1) is 0 Å². The van der Waals surface area contributed by atoms with Crippen LogP contribution in [-0.4, -0.2) is 19.8 Å². The van der Waals surface area contributed by atoms with Crippen molar-refractivity contribution < 1.29 is 9.80 Å². The highest BCUT2D eigenvalue weighted by molar-refractivity contribution is 5.14. The number of rotatable bonds is 4. The second-order valence-electron chi connectivity index (χ2n) is 6.24. The molecule has 3 nitrogen and oxygen atoms in total. The van der Waals surface area contributed by atoms with E-state index in [1.807, 2.05) is 0 Å². The van der Waals surface area contributed by atoms with Crippen LogP contribution in [0.25, 0.3) is 0 Å². The maximum Gasteiger partial charge on any atom is 0.205 e. The number of nitrogens with one attached hydrogen (secondary N) is 2. The highest BCUT2D eigenvalue weighted by atomic mass is 15.3. The number of hydrogen-bond acceptors (Lipinski definition) is 1. The number of benzene rings is 2. The molecule has 0 spiro atoms. The topological polar surface area (TPSA) is 32.7 Å². The Bertz CT molecular complexity index is 569. The number of nitriles is 1. The molecule has 1 aliphatic rings. The van der Waals surface area contributed by atoms with E-state index in [1.54, 1.807) is 0 Å². The number of hydrogen-bond donors (Lipinski definition) is 2. The van der Waals surface area contributed by atoms with Gasteiger partial charge in [0.15, 0.2) is 0 Å². The highest BCUT2D eigenvalue weighted by Crippen LogP contribution is 1.98. The maximum atomic E-state index is 9.38. The first-order chi connectivity index (χ1) is 10.8. The smallest absolute Gasteiger partial charge is 0.205 e. The standard InChI is InChI=1S/C19H21N3/c20-11-19-14-21(12-17-7-3-1-4-8-17)16-22(15-19)13-18-9-5-2-6-10-18/h1-10,19H,12-16H2/p+2. The quantitative estimate of drug-likeness (QED) is 0.833. The van der Waals surface area contributed by atoms with Crippen LogP contribution in [-0.2, 0) is 13.1 Å². The van der Waals surface area contributed by atoms with E-state index in [0.717, 1.165) is 32.8 Å². The van der Waals surface area contributed by atoms with Crippen molar-refractivity contribution in [2.75, 3.05) is 19.8 Å². The molecule has 2 aromatic rings. The molecule has 1 fully saturated rings. The SMILES string of the molecule is N#CC1C[NH+](Cc2ccccc2)C[NH+](Cc2ccccc2)C1. The first kappa shape index (κ1) is 14.8. The molecule has 1 aliphatic heterocycles. The Kier molecular flexibility index (Phi) is 4.85. The molecule has 0 aromatic heterocycles. The minimum atomic E-state index is 0.158. The molecule has 1 heterocycles. The first-order valence-electron chi connectivity index (χ1n) is 7.98. The lowest BCUT2D eigenvalue weighted by Crippen LogP contribution is -3.33. The fraction of sp³-hybridized carbons (Fsp3) is 0.316. The van der Waals surface area contributed by atoms with Crippen LogP contribution in [0.3, 0.4) is 0 Å². The highest BCUT2D eigenvalue weighted by Gasteiger charge is 2.31. The Morgan fingerprint density at radius 3 is 1.68 bits per heavy atom. The van der Waals surface area contributed by atoms with Gasteiger partial charge in [0, 0.05) is 11.1 Å². The van der Waals surface area contributed by atoms with Gasteiger partial charge in [-0.05, 0) is 0 Å². The largest absolute Gasteiger partial charge is 0.283 e. The molecular weight excluding hydrogens is 270 g/mol. The second kappa shape index (κ2) is 7.22. The number of quaternary nitrogens is 2. The molecule has 0 saturated carbocycles. The van der Waals surface area contributed by atoms with Crippen molar-refractivity contribution in [1.29, 1.82) is 5.26 Å². The van der Waals surface area contributed by atoms with Crippen molar-refractivity contribution in [3.8, 4) is 6.07 Å². The normalized spacial score (nSPS) is 24.6. The van der Waals surface area contributed by atoms with Crippen LogP contribution >= 0.6 is 0 Å². The predicted octanol–water partition coefficient (Wildman–Crippen LogP) is 0.267. The summed E-state index contributed by atoms with van der Waals surface area (Å²) in [5, 5.41) is 9.38. The van der Waals surface area contributed by atoms with Crippen molar-refractivity contribution in [2.24, 2.45) is 5.92 Å². The fourth-order valence-corrected chi connectivity index (χ4v) is 3.40. The Morgan fingerprint density at radius 1 is 0.818 bits per heavy atom. The molecule has 2 N–H and O–H groups in total. The molecule has 1 saturated heterocycles. The van der Waals surface area contributed by atoms with E-state index in [4.69, 9.17) is 0 Å². The predicted molar refractivity (Wildman–Crippen MR) is 85.9 cm³/mol. The minimum absolute atomic E-state index is 0.158. The van der Waals surface area contributed by atoms with Gasteiger partial charge in [0.25, 0.3) is 0 Å². The van der Waals surface area contributed by atoms with Gasteiger partial charge >= 0.3 is 0 Å². The average molecular weight is 293 g/mol. The maximum absolute atomic E-state index is 9.38. The third-order valence-corrected chi connectivity index (χ3v) is 4.35. The van der Waals surface area contributed by atoms with Crippen LogP contribution in [0.2, 0.25) is 0 Å². The summed E-state index contributed by atoms with van der Waals surface area (Å²) < 4.78 is 0. The molecular formula is C19H23N3+2. The van der Waals surface area contributed by atoms with E-state index in [-0.39, 0.29) is 5.92 Å². The van der Waals surface area contributed by atoms with Gasteiger partial charge in [-0.25, -0.2) is 0 Å². The molecule has 3 heteroatoms. The lowest BCUT2D eigenvalue weighted by Gasteiger charge is -2.32. The van der Waals surface area contributed by atoms with Crippen molar-refractivity contribution in [3.63, 3.8) is 0 Å². The van der Waals surface area contributed by atoms with Crippen molar-refractivity contribution in [1.82, 2.24) is 0 Å². The van der Waals surface area contributed by atoms with Crippen LogP contribution in [0, 0.1) is 17.2 Å². The lowest BCUT2D eigenvalue weighted by atomic mass is 10.1. The summed E-state index contributed by atoms with van der Waals surface area (Å²) in [4.78, 5) is 3.02. The number of nitrogens with zero attached hydrogens (tertiary/aromatic N) is 1. The Labute approximate surface area is 132 Å². The Hall–Kier alpha value is -2.15. The molecule has 2 unspecified atom stereocenters. The zero-order valence-corrected chi connectivity index (χ0v) is 12.8. The molecule has 0 amide bonds. The first-order valence-corrected chi connectivity index (χ1v) is 7.98. The van der Waals surface area contributed by atoms with Crippen LogP contribution in [0.4, 0.5) is 0 Å². The summed E-state index contributed by atoms with van der Waals surface area (Å²) in [5.41, 5.74) is 2.71. The van der Waals surface area contributed by atoms with E-state index in [1.165, 1.54) is 20.9 Å². The second-order valence-corrected chi connectivity index (χ2v) is 6.24. The molecule has 112 valence electrons. The van der Waals surface area contributed by atoms with E-state index >= 15 is 0 Å². The average Bonchev–Trinajstić information content (AvgIpc) is 2.56. The van der Waals surface area contributed by atoms with Gasteiger partial charge < -0.3 is 0 Å². The van der Waals surface area contributed by atoms with Crippen molar-refractivity contribution in [3.05, 3.63) is 71.8 Å². The van der Waals surface area contributed by atoms with Gasteiger partial charge in [-0.3, -0.25) is 9.80 Å². The zero-order chi connectivity index (χ0) is 15.2. The molecule has 22 heavy (non-hydrogen) atoms. The summed E-state index contributed by atoms with van der Waals surface area (Å²) in [6.45, 7) is 5.03. The van der Waals surface area contributed by atoms with Gasteiger partial charge in [0.05, 0.1) is 6.07 Å². The molecule has 0 aliphatic carbocycles. The fourth-order valence-electron chi connectivity index (χ4n) is 3.40. The van der Waals surface area contributed by atoms with Gasteiger partial charge in [-0.2, -0.15) is 5.26 Å². The van der Waals surface area contributed by atoms with E-state index < -0.39 is 0 Å². The van der Waals surface area contributed by atoms with Crippen LogP contribution < -0.4 is 9.80 Å².